The van der Waals surface area contributed by atoms with E-state index in [1.807, 2.05) is 0 Å². The van der Waals surface area contributed by atoms with Crippen LogP contribution < -0.4 is 11.1 Å². The summed E-state index contributed by atoms with van der Waals surface area (Å²) in [5.74, 6) is 0.0245. The highest BCUT2D eigenvalue weighted by Crippen LogP contribution is 2.14. The molecule has 1 rings (SSSR count). The van der Waals surface area contributed by atoms with Gasteiger partial charge in [0.1, 0.15) is 11.5 Å². The summed E-state index contributed by atoms with van der Waals surface area (Å²) in [6, 6.07) is 3.14. The van der Waals surface area contributed by atoms with Crippen LogP contribution >= 0.6 is 11.6 Å². The minimum absolute atomic E-state index is 0.193. The predicted molar refractivity (Wildman–Crippen MR) is 65.5 cm³/mol. The van der Waals surface area contributed by atoms with Crippen LogP contribution in [0.15, 0.2) is 12.1 Å². The first-order valence-corrected chi connectivity index (χ1v) is 5.73. The molecular formula is C11H16ClN3O. The number of nitrogens with zero attached hydrogens (tertiary/aromatic N) is 1. The summed E-state index contributed by atoms with van der Waals surface area (Å²) in [6.45, 7) is 2.75. The van der Waals surface area contributed by atoms with Crippen molar-refractivity contribution in [1.29, 1.82) is 0 Å². The van der Waals surface area contributed by atoms with Gasteiger partial charge in [-0.05, 0) is 18.6 Å². The molecular weight excluding hydrogens is 226 g/mol. The van der Waals surface area contributed by atoms with E-state index in [0.29, 0.717) is 17.4 Å². The van der Waals surface area contributed by atoms with Gasteiger partial charge in [0.2, 0.25) is 0 Å². The Bertz CT molecular complexity index is 368. The van der Waals surface area contributed by atoms with E-state index in [2.05, 4.69) is 17.2 Å². The number of hydrogen-bond donors (Lipinski definition) is 2. The van der Waals surface area contributed by atoms with Crippen LogP contribution in [-0.2, 0) is 0 Å². The topological polar surface area (TPSA) is 68.0 Å². The van der Waals surface area contributed by atoms with Crippen LogP contribution in [0.25, 0.3) is 0 Å². The van der Waals surface area contributed by atoms with Crippen LogP contribution in [0.5, 0.6) is 0 Å². The Balaban J connectivity index is 2.55. The number of aromatic nitrogens is 1. The molecule has 5 heteroatoms. The van der Waals surface area contributed by atoms with Crippen molar-refractivity contribution in [3.8, 4) is 0 Å². The maximum Gasteiger partial charge on any atom is 0.271 e. The second-order valence-corrected chi connectivity index (χ2v) is 3.94. The Hall–Kier alpha value is -1.29. The summed E-state index contributed by atoms with van der Waals surface area (Å²) in [6.07, 6.45) is 3.17. The fraction of sp³-hybridized carbons (Fsp3) is 0.455. The van der Waals surface area contributed by atoms with Gasteiger partial charge >= 0.3 is 0 Å². The molecule has 0 saturated carbocycles. The SMILES string of the molecule is CCCCCNC(=O)c1nc(N)ccc1Cl. The second-order valence-electron chi connectivity index (χ2n) is 3.53. The van der Waals surface area contributed by atoms with Gasteiger partial charge in [-0.1, -0.05) is 31.4 Å². The molecule has 16 heavy (non-hydrogen) atoms. The van der Waals surface area contributed by atoms with E-state index >= 15 is 0 Å². The fourth-order valence-electron chi connectivity index (χ4n) is 1.28. The molecule has 0 saturated heterocycles. The average molecular weight is 242 g/mol. The summed E-state index contributed by atoms with van der Waals surface area (Å²) in [5.41, 5.74) is 5.68. The maximum absolute atomic E-state index is 11.7. The number of pyridine rings is 1. The molecule has 0 atom stereocenters. The lowest BCUT2D eigenvalue weighted by Crippen LogP contribution is -2.25. The van der Waals surface area contributed by atoms with Gasteiger partial charge in [0.15, 0.2) is 0 Å². The molecule has 88 valence electrons. The number of unbranched alkanes of at least 4 members (excludes halogenated alkanes) is 2. The third kappa shape index (κ3) is 3.70. The molecule has 0 unspecified atom stereocenters. The van der Waals surface area contributed by atoms with Gasteiger partial charge in [0.25, 0.3) is 5.91 Å². The average Bonchev–Trinajstić information content (AvgIpc) is 2.27. The van der Waals surface area contributed by atoms with E-state index in [1.54, 1.807) is 12.1 Å². The van der Waals surface area contributed by atoms with Gasteiger partial charge in [-0.15, -0.1) is 0 Å². The monoisotopic (exact) mass is 241 g/mol. The van der Waals surface area contributed by atoms with Crippen molar-refractivity contribution in [3.05, 3.63) is 22.8 Å². The van der Waals surface area contributed by atoms with Gasteiger partial charge in [0.05, 0.1) is 5.02 Å². The van der Waals surface area contributed by atoms with E-state index in [0.717, 1.165) is 19.3 Å². The van der Waals surface area contributed by atoms with E-state index in [1.165, 1.54) is 0 Å². The highest BCUT2D eigenvalue weighted by Gasteiger charge is 2.11. The number of anilines is 1. The standard InChI is InChI=1S/C11H16ClN3O/c1-2-3-4-7-14-11(16)10-8(12)5-6-9(13)15-10/h5-6H,2-4,7H2,1H3,(H2,13,15)(H,14,16). The molecule has 0 spiro atoms. The number of nitrogens with two attached hydrogens (primary N) is 1. The molecule has 0 aromatic carbocycles. The highest BCUT2D eigenvalue weighted by molar-refractivity contribution is 6.33. The molecule has 4 nitrogen and oxygen atoms in total. The van der Waals surface area contributed by atoms with Crippen molar-refractivity contribution < 1.29 is 4.79 Å². The minimum Gasteiger partial charge on any atom is -0.384 e. The predicted octanol–water partition coefficient (Wildman–Crippen LogP) is 2.24. The van der Waals surface area contributed by atoms with E-state index < -0.39 is 0 Å². The second kappa shape index (κ2) is 6.33. The summed E-state index contributed by atoms with van der Waals surface area (Å²) < 4.78 is 0. The van der Waals surface area contributed by atoms with Gasteiger partial charge in [-0.3, -0.25) is 4.79 Å². The third-order valence-electron chi connectivity index (χ3n) is 2.15. The van der Waals surface area contributed by atoms with Crippen LogP contribution in [0.1, 0.15) is 36.7 Å². The summed E-state index contributed by atoms with van der Waals surface area (Å²) >= 11 is 5.85. The lowest BCUT2D eigenvalue weighted by molar-refractivity contribution is 0.0948. The Labute approximate surface area is 100 Å². The van der Waals surface area contributed by atoms with E-state index in [4.69, 9.17) is 17.3 Å². The molecule has 1 aromatic rings. The van der Waals surface area contributed by atoms with Crippen LogP contribution in [0.4, 0.5) is 5.82 Å². The number of nitrogen functional groups attached to an aromatic ring is 1. The quantitative estimate of drug-likeness (QED) is 0.777. The number of nitrogens with one attached hydrogen (secondary N) is 1. The van der Waals surface area contributed by atoms with Gasteiger partial charge in [0, 0.05) is 6.54 Å². The van der Waals surface area contributed by atoms with Crippen molar-refractivity contribution in [1.82, 2.24) is 10.3 Å². The maximum atomic E-state index is 11.7. The largest absolute Gasteiger partial charge is 0.384 e. The number of carbonyl (C=O) groups excluding carboxylic acids is 1. The van der Waals surface area contributed by atoms with Crippen molar-refractivity contribution >= 4 is 23.3 Å². The number of carbonyl (C=O) groups is 1. The zero-order valence-corrected chi connectivity index (χ0v) is 10.0. The molecule has 0 fully saturated rings. The lowest BCUT2D eigenvalue weighted by atomic mass is 10.2. The number of rotatable bonds is 5. The normalized spacial score (nSPS) is 10.1. The van der Waals surface area contributed by atoms with E-state index in [9.17, 15) is 4.79 Å². The molecule has 1 aromatic heterocycles. The zero-order valence-electron chi connectivity index (χ0n) is 9.29. The molecule has 0 aliphatic rings. The molecule has 0 aliphatic carbocycles. The first kappa shape index (κ1) is 12.8. The van der Waals surface area contributed by atoms with Crippen LogP contribution in [0.3, 0.4) is 0 Å². The van der Waals surface area contributed by atoms with Crippen molar-refractivity contribution in [2.45, 2.75) is 26.2 Å². The van der Waals surface area contributed by atoms with E-state index in [-0.39, 0.29) is 11.6 Å². The highest BCUT2D eigenvalue weighted by atomic mass is 35.5. The number of hydrogen-bond acceptors (Lipinski definition) is 3. The van der Waals surface area contributed by atoms with Crippen molar-refractivity contribution in [3.63, 3.8) is 0 Å². The summed E-state index contributed by atoms with van der Waals surface area (Å²) in [5, 5.41) is 3.08. The van der Waals surface area contributed by atoms with Crippen LogP contribution in [0, 0.1) is 0 Å². The molecule has 0 bridgehead atoms. The summed E-state index contributed by atoms with van der Waals surface area (Å²) in [7, 11) is 0. The zero-order chi connectivity index (χ0) is 12.0. The van der Waals surface area contributed by atoms with Gasteiger partial charge in [-0.25, -0.2) is 4.98 Å². The lowest BCUT2D eigenvalue weighted by Gasteiger charge is -2.06. The number of amides is 1. The molecule has 3 N–H and O–H groups in total. The van der Waals surface area contributed by atoms with Crippen molar-refractivity contribution in [2.75, 3.05) is 12.3 Å². The Morgan fingerprint density at radius 1 is 1.50 bits per heavy atom. The first-order chi connectivity index (χ1) is 7.65. The third-order valence-corrected chi connectivity index (χ3v) is 2.45. The van der Waals surface area contributed by atoms with Crippen LogP contribution in [-0.4, -0.2) is 17.4 Å². The Morgan fingerprint density at radius 2 is 2.25 bits per heavy atom. The Morgan fingerprint density at radius 3 is 2.94 bits per heavy atom. The molecule has 1 amide bonds. The van der Waals surface area contributed by atoms with Crippen molar-refractivity contribution in [2.24, 2.45) is 0 Å². The van der Waals surface area contributed by atoms with Crippen LogP contribution in [0.2, 0.25) is 5.02 Å². The van der Waals surface area contributed by atoms with Gasteiger partial charge in [-0.2, -0.15) is 0 Å². The Kier molecular flexibility index (Phi) is 5.05. The molecule has 0 aliphatic heterocycles. The van der Waals surface area contributed by atoms with Gasteiger partial charge < -0.3 is 11.1 Å². The summed E-state index contributed by atoms with van der Waals surface area (Å²) in [4.78, 5) is 15.6. The fourth-order valence-corrected chi connectivity index (χ4v) is 1.47. The molecule has 1 heterocycles. The smallest absolute Gasteiger partial charge is 0.271 e. The number of halogens is 1. The molecule has 0 radical (unpaired) electrons. The first-order valence-electron chi connectivity index (χ1n) is 5.35. The minimum atomic E-state index is -0.270.